The number of guanidine groups is 1. The van der Waals surface area contributed by atoms with Crippen molar-refractivity contribution in [3.8, 4) is 0 Å². The minimum atomic E-state index is -0.126. The Kier molecular flexibility index (Phi) is 10.1. The first-order valence-corrected chi connectivity index (χ1v) is 8.80. The lowest BCUT2D eigenvalue weighted by Crippen LogP contribution is -2.42. The molecule has 2 aromatic heterocycles. The van der Waals surface area contributed by atoms with Gasteiger partial charge in [-0.25, -0.2) is 0 Å². The normalized spacial score (nSPS) is 12.0. The molecule has 2 heterocycles. The number of hydrogen-bond donors (Lipinski definition) is 3. The van der Waals surface area contributed by atoms with E-state index < -0.39 is 0 Å². The van der Waals surface area contributed by atoms with Crippen LogP contribution in [0.4, 0.5) is 0 Å². The first kappa shape index (κ1) is 21.4. The van der Waals surface area contributed by atoms with Gasteiger partial charge in [0.05, 0.1) is 5.56 Å². The zero-order valence-corrected chi connectivity index (χ0v) is 17.5. The third kappa shape index (κ3) is 7.39. The monoisotopic (exact) mass is 473 g/mol. The molecule has 8 heteroatoms. The Morgan fingerprint density at radius 3 is 2.72 bits per heavy atom. The summed E-state index contributed by atoms with van der Waals surface area (Å²) < 4.78 is 0. The molecule has 0 bridgehead atoms. The number of halogens is 1. The minimum Gasteiger partial charge on any atom is -0.356 e. The molecular formula is C17H24IN5OS. The molecule has 136 valence electrons. The van der Waals surface area contributed by atoms with Crippen molar-refractivity contribution < 1.29 is 4.79 Å². The van der Waals surface area contributed by atoms with Crippen molar-refractivity contribution in [3.05, 3.63) is 52.5 Å². The molecule has 1 unspecified atom stereocenters. The Hall–Kier alpha value is -1.68. The molecule has 0 aliphatic heterocycles. The van der Waals surface area contributed by atoms with Gasteiger partial charge in [-0.15, -0.1) is 24.0 Å². The predicted molar refractivity (Wildman–Crippen MR) is 114 cm³/mol. The van der Waals surface area contributed by atoms with Crippen molar-refractivity contribution in [2.45, 2.75) is 12.8 Å². The van der Waals surface area contributed by atoms with Crippen LogP contribution in [0.2, 0.25) is 0 Å². The van der Waals surface area contributed by atoms with Crippen molar-refractivity contribution in [3.63, 3.8) is 0 Å². The lowest BCUT2D eigenvalue weighted by atomic mass is 10.1. The molecule has 0 aliphatic rings. The zero-order chi connectivity index (χ0) is 17.2. The SMILES string of the molecule is CN=C(NCCNC(=O)c1cccnc1)NCC(C)c1ccsc1.I. The third-order valence-electron chi connectivity index (χ3n) is 3.54. The number of amides is 1. The van der Waals surface area contributed by atoms with Crippen LogP contribution in [0.5, 0.6) is 0 Å². The van der Waals surface area contributed by atoms with Crippen LogP contribution in [0.1, 0.15) is 28.8 Å². The van der Waals surface area contributed by atoms with E-state index >= 15 is 0 Å². The van der Waals surface area contributed by atoms with Crippen LogP contribution < -0.4 is 16.0 Å². The molecule has 1 amide bonds. The van der Waals surface area contributed by atoms with E-state index in [2.05, 4.69) is 49.7 Å². The van der Waals surface area contributed by atoms with Gasteiger partial charge in [0, 0.05) is 39.1 Å². The second-order valence-corrected chi connectivity index (χ2v) is 6.12. The van der Waals surface area contributed by atoms with Crippen molar-refractivity contribution in [1.82, 2.24) is 20.9 Å². The summed E-state index contributed by atoms with van der Waals surface area (Å²) in [5.41, 5.74) is 1.89. The standard InChI is InChI=1S/C17H23N5OS.HI/c1-13(15-5-9-24-12-15)10-22-17(18-2)21-8-7-20-16(23)14-4-3-6-19-11-14;/h3-6,9,11-13H,7-8,10H2,1-2H3,(H,20,23)(H2,18,21,22);1H. The number of carbonyl (C=O) groups excluding carboxylic acids is 1. The number of pyridine rings is 1. The van der Waals surface area contributed by atoms with E-state index in [9.17, 15) is 4.79 Å². The van der Waals surface area contributed by atoms with Crippen LogP contribution in [0.25, 0.3) is 0 Å². The first-order valence-electron chi connectivity index (χ1n) is 7.85. The summed E-state index contributed by atoms with van der Waals surface area (Å²) in [5, 5.41) is 13.6. The molecule has 2 aromatic rings. The summed E-state index contributed by atoms with van der Waals surface area (Å²) in [6.45, 7) is 4.09. The molecule has 0 radical (unpaired) electrons. The van der Waals surface area contributed by atoms with Gasteiger partial charge in [-0.3, -0.25) is 14.8 Å². The maximum Gasteiger partial charge on any atom is 0.252 e. The Morgan fingerprint density at radius 2 is 2.08 bits per heavy atom. The van der Waals surface area contributed by atoms with E-state index in [4.69, 9.17) is 0 Å². The fourth-order valence-electron chi connectivity index (χ4n) is 2.10. The Balaban J connectivity index is 0.00000312. The average Bonchev–Trinajstić information content (AvgIpc) is 3.16. The topological polar surface area (TPSA) is 78.4 Å². The zero-order valence-electron chi connectivity index (χ0n) is 14.4. The maximum atomic E-state index is 11.9. The van der Waals surface area contributed by atoms with Gasteiger partial charge < -0.3 is 16.0 Å². The number of nitrogens with zero attached hydrogens (tertiary/aromatic N) is 2. The molecule has 0 saturated heterocycles. The van der Waals surface area contributed by atoms with Gasteiger partial charge in [-0.2, -0.15) is 11.3 Å². The molecule has 3 N–H and O–H groups in total. The number of carbonyl (C=O) groups is 1. The molecular weight excluding hydrogens is 449 g/mol. The quantitative estimate of drug-likeness (QED) is 0.250. The summed E-state index contributed by atoms with van der Waals surface area (Å²) >= 11 is 1.71. The third-order valence-corrected chi connectivity index (χ3v) is 4.24. The van der Waals surface area contributed by atoms with Crippen LogP contribution in [0.15, 0.2) is 46.3 Å². The second kappa shape index (κ2) is 11.8. The lowest BCUT2D eigenvalue weighted by molar-refractivity contribution is 0.0954. The molecule has 0 fully saturated rings. The Labute approximate surface area is 169 Å². The van der Waals surface area contributed by atoms with E-state index in [0.29, 0.717) is 24.6 Å². The molecule has 0 saturated carbocycles. The van der Waals surface area contributed by atoms with E-state index in [-0.39, 0.29) is 29.9 Å². The molecule has 0 aromatic carbocycles. The smallest absolute Gasteiger partial charge is 0.252 e. The molecule has 6 nitrogen and oxygen atoms in total. The van der Waals surface area contributed by atoms with Gasteiger partial charge in [-0.1, -0.05) is 6.92 Å². The lowest BCUT2D eigenvalue weighted by Gasteiger charge is -2.15. The van der Waals surface area contributed by atoms with E-state index in [1.807, 2.05) is 0 Å². The Bertz CT molecular complexity index is 648. The van der Waals surface area contributed by atoms with Gasteiger partial charge in [0.15, 0.2) is 5.96 Å². The van der Waals surface area contributed by atoms with E-state index in [0.717, 1.165) is 12.5 Å². The Morgan fingerprint density at radius 1 is 1.28 bits per heavy atom. The van der Waals surface area contributed by atoms with Crippen LogP contribution >= 0.6 is 35.3 Å². The predicted octanol–water partition coefficient (Wildman–Crippen LogP) is 2.46. The van der Waals surface area contributed by atoms with Gasteiger partial charge in [-0.05, 0) is 40.4 Å². The number of aliphatic imine (C=N–C) groups is 1. The van der Waals surface area contributed by atoms with Crippen LogP contribution in [0, 0.1) is 0 Å². The highest BCUT2D eigenvalue weighted by Crippen LogP contribution is 2.16. The number of hydrogen-bond acceptors (Lipinski definition) is 4. The van der Waals surface area contributed by atoms with Gasteiger partial charge in [0.25, 0.3) is 5.91 Å². The summed E-state index contributed by atoms with van der Waals surface area (Å²) in [6, 6.07) is 5.62. The summed E-state index contributed by atoms with van der Waals surface area (Å²) in [5.74, 6) is 1.02. The van der Waals surface area contributed by atoms with Crippen molar-refractivity contribution in [1.29, 1.82) is 0 Å². The van der Waals surface area contributed by atoms with Crippen LogP contribution in [-0.4, -0.2) is 43.5 Å². The molecule has 25 heavy (non-hydrogen) atoms. The summed E-state index contributed by atoms with van der Waals surface area (Å²) in [4.78, 5) is 20.0. The van der Waals surface area contributed by atoms with E-state index in [1.165, 1.54) is 5.56 Å². The maximum absolute atomic E-state index is 11.9. The summed E-state index contributed by atoms with van der Waals surface area (Å²) in [6.07, 6.45) is 3.19. The van der Waals surface area contributed by atoms with Crippen molar-refractivity contribution in [2.24, 2.45) is 4.99 Å². The van der Waals surface area contributed by atoms with Gasteiger partial charge >= 0.3 is 0 Å². The fraction of sp³-hybridized carbons (Fsp3) is 0.353. The highest BCUT2D eigenvalue weighted by Gasteiger charge is 2.07. The highest BCUT2D eigenvalue weighted by atomic mass is 127. The second-order valence-electron chi connectivity index (χ2n) is 5.34. The minimum absolute atomic E-state index is 0. The number of nitrogens with one attached hydrogen (secondary N) is 3. The average molecular weight is 473 g/mol. The van der Waals surface area contributed by atoms with Gasteiger partial charge in [0.1, 0.15) is 0 Å². The number of rotatable bonds is 7. The van der Waals surface area contributed by atoms with E-state index in [1.54, 1.807) is 42.9 Å². The molecule has 0 spiro atoms. The number of aromatic nitrogens is 1. The van der Waals surface area contributed by atoms with Crippen molar-refractivity contribution >= 4 is 47.2 Å². The largest absolute Gasteiger partial charge is 0.356 e. The molecule has 1 atom stereocenters. The summed E-state index contributed by atoms with van der Waals surface area (Å²) in [7, 11) is 1.73. The van der Waals surface area contributed by atoms with Gasteiger partial charge in [0.2, 0.25) is 0 Å². The highest BCUT2D eigenvalue weighted by molar-refractivity contribution is 14.0. The fourth-order valence-corrected chi connectivity index (χ4v) is 2.88. The van der Waals surface area contributed by atoms with Crippen LogP contribution in [-0.2, 0) is 0 Å². The van der Waals surface area contributed by atoms with Crippen LogP contribution in [0.3, 0.4) is 0 Å². The van der Waals surface area contributed by atoms with Crippen molar-refractivity contribution in [2.75, 3.05) is 26.7 Å². The first-order chi connectivity index (χ1) is 11.7. The number of thiophene rings is 1. The molecule has 0 aliphatic carbocycles. The molecule has 2 rings (SSSR count).